The first-order chi connectivity index (χ1) is 32.0. The number of allylic oxidation sites excluding steroid dienone is 12. The van der Waals surface area contributed by atoms with Crippen molar-refractivity contribution in [2.24, 2.45) is 0 Å². The van der Waals surface area contributed by atoms with Gasteiger partial charge in [0.05, 0.1) is 0 Å². The molecule has 0 aliphatic rings. The second-order valence-corrected chi connectivity index (χ2v) is 18.1. The minimum Gasteiger partial charge on any atom is -0.462 e. The van der Waals surface area contributed by atoms with E-state index in [4.69, 9.17) is 14.2 Å². The average molecular weight is 907 g/mol. The Hall–Kier alpha value is -3.15. The fourth-order valence-electron chi connectivity index (χ4n) is 7.58. The molecule has 0 spiro atoms. The number of rotatable bonds is 49. The van der Waals surface area contributed by atoms with Gasteiger partial charge in [0.15, 0.2) is 6.10 Å². The van der Waals surface area contributed by atoms with Crippen molar-refractivity contribution in [1.82, 2.24) is 0 Å². The topological polar surface area (TPSA) is 78.9 Å². The first-order valence-electron chi connectivity index (χ1n) is 27.4. The SMILES string of the molecule is CC/C=C\C/C=C\C/C=C\C/C=C\CCCCC(=O)OC[C@H](COC(=O)CCCCCCCCCCCCCCCCC)OC(=O)CCCCCCCCC/C=C\C/C=C\CCCCC. The largest absolute Gasteiger partial charge is 0.462 e. The normalized spacial score (nSPS) is 12.6. The van der Waals surface area contributed by atoms with Crippen LogP contribution in [-0.4, -0.2) is 37.2 Å². The molecule has 0 saturated heterocycles. The van der Waals surface area contributed by atoms with Gasteiger partial charge in [-0.2, -0.15) is 0 Å². The minimum absolute atomic E-state index is 0.0899. The van der Waals surface area contributed by atoms with Crippen LogP contribution in [0.25, 0.3) is 0 Å². The van der Waals surface area contributed by atoms with Crippen LogP contribution in [0.1, 0.15) is 265 Å². The summed E-state index contributed by atoms with van der Waals surface area (Å²) in [5.41, 5.74) is 0. The highest BCUT2D eigenvalue weighted by molar-refractivity contribution is 5.71. The summed E-state index contributed by atoms with van der Waals surface area (Å²) in [7, 11) is 0. The van der Waals surface area contributed by atoms with Gasteiger partial charge in [-0.3, -0.25) is 14.4 Å². The maximum Gasteiger partial charge on any atom is 0.306 e. The summed E-state index contributed by atoms with van der Waals surface area (Å²) in [6.07, 6.45) is 67.4. The highest BCUT2D eigenvalue weighted by Gasteiger charge is 2.19. The van der Waals surface area contributed by atoms with Crippen molar-refractivity contribution in [3.05, 3.63) is 72.9 Å². The van der Waals surface area contributed by atoms with Crippen LogP contribution >= 0.6 is 0 Å². The van der Waals surface area contributed by atoms with Crippen LogP contribution in [0.3, 0.4) is 0 Å². The van der Waals surface area contributed by atoms with Crippen molar-refractivity contribution in [2.45, 2.75) is 271 Å². The molecule has 0 bridgehead atoms. The van der Waals surface area contributed by atoms with Crippen LogP contribution in [0.2, 0.25) is 0 Å². The summed E-state index contributed by atoms with van der Waals surface area (Å²) < 4.78 is 16.8. The van der Waals surface area contributed by atoms with Gasteiger partial charge in [0.25, 0.3) is 0 Å². The highest BCUT2D eigenvalue weighted by Crippen LogP contribution is 2.15. The average Bonchev–Trinajstić information content (AvgIpc) is 3.30. The van der Waals surface area contributed by atoms with Crippen LogP contribution in [-0.2, 0) is 28.6 Å². The zero-order valence-electron chi connectivity index (χ0n) is 42.7. The van der Waals surface area contributed by atoms with Crippen molar-refractivity contribution in [2.75, 3.05) is 13.2 Å². The molecule has 0 aromatic heterocycles. The highest BCUT2D eigenvalue weighted by atomic mass is 16.6. The summed E-state index contributed by atoms with van der Waals surface area (Å²) in [5.74, 6) is -0.934. The summed E-state index contributed by atoms with van der Waals surface area (Å²) in [6.45, 7) is 6.47. The van der Waals surface area contributed by atoms with Crippen LogP contribution in [0, 0.1) is 0 Å². The summed E-state index contributed by atoms with van der Waals surface area (Å²) in [6, 6.07) is 0. The Bertz CT molecular complexity index is 1230. The minimum atomic E-state index is -0.795. The molecule has 0 aliphatic carbocycles. The maximum atomic E-state index is 12.8. The molecular formula is C59H102O6. The summed E-state index contributed by atoms with van der Waals surface area (Å²) >= 11 is 0. The molecule has 0 aromatic rings. The molecule has 65 heavy (non-hydrogen) atoms. The Morgan fingerprint density at radius 1 is 0.323 bits per heavy atom. The number of carbonyl (C=O) groups excluding carboxylic acids is 3. The molecule has 0 amide bonds. The van der Waals surface area contributed by atoms with Crippen molar-refractivity contribution >= 4 is 17.9 Å². The first kappa shape index (κ1) is 61.9. The monoisotopic (exact) mass is 907 g/mol. The van der Waals surface area contributed by atoms with E-state index in [2.05, 4.69) is 93.7 Å². The smallest absolute Gasteiger partial charge is 0.306 e. The van der Waals surface area contributed by atoms with Crippen molar-refractivity contribution in [1.29, 1.82) is 0 Å². The van der Waals surface area contributed by atoms with Crippen molar-refractivity contribution in [3.8, 4) is 0 Å². The molecule has 0 aromatic carbocycles. The molecule has 0 heterocycles. The number of hydrogen-bond acceptors (Lipinski definition) is 6. The quantitative estimate of drug-likeness (QED) is 0.0262. The number of esters is 3. The molecular weight excluding hydrogens is 805 g/mol. The van der Waals surface area contributed by atoms with Crippen LogP contribution < -0.4 is 0 Å². The molecule has 0 saturated carbocycles. The molecule has 0 unspecified atom stereocenters. The van der Waals surface area contributed by atoms with E-state index in [0.717, 1.165) is 96.3 Å². The van der Waals surface area contributed by atoms with Gasteiger partial charge < -0.3 is 14.2 Å². The lowest BCUT2D eigenvalue weighted by Gasteiger charge is -2.18. The summed E-state index contributed by atoms with van der Waals surface area (Å²) in [4.78, 5) is 38.1. The predicted octanol–water partition coefficient (Wildman–Crippen LogP) is 18.2. The molecule has 374 valence electrons. The van der Waals surface area contributed by atoms with Gasteiger partial charge in [-0.1, -0.05) is 229 Å². The second kappa shape index (κ2) is 53.5. The molecule has 0 N–H and O–H groups in total. The van der Waals surface area contributed by atoms with E-state index in [1.165, 1.54) is 128 Å². The van der Waals surface area contributed by atoms with Crippen LogP contribution in [0.4, 0.5) is 0 Å². The lowest BCUT2D eigenvalue weighted by Crippen LogP contribution is -2.30. The Morgan fingerprint density at radius 3 is 1.00 bits per heavy atom. The Kier molecular flexibility index (Phi) is 50.9. The standard InChI is InChI=1S/C59H102O6/c1-4-7-10-13-16-19-22-25-28-29-32-35-38-41-44-47-50-53-59(62)65-56(54-63-57(60)51-48-45-42-39-36-33-30-26-23-20-17-14-11-8-5-2)55-64-58(61)52-49-46-43-40-37-34-31-27-24-21-18-15-12-9-6-3/h8,11,16-17,19-20,25-26,28,30,36,39,56H,4-7,9-10,12-15,18,21-24,27,29,31-35,37-38,40-55H2,1-3H3/b11-8-,19-16-,20-17-,28-25-,30-26-,39-36-/t56-/m1/s1. The van der Waals surface area contributed by atoms with E-state index in [9.17, 15) is 14.4 Å². The van der Waals surface area contributed by atoms with Gasteiger partial charge in [0, 0.05) is 19.3 Å². The predicted molar refractivity (Wildman–Crippen MR) is 279 cm³/mol. The molecule has 6 heteroatoms. The van der Waals surface area contributed by atoms with Gasteiger partial charge in [-0.25, -0.2) is 0 Å². The van der Waals surface area contributed by atoms with E-state index in [1.54, 1.807) is 0 Å². The zero-order valence-corrected chi connectivity index (χ0v) is 42.7. The molecule has 6 nitrogen and oxygen atoms in total. The van der Waals surface area contributed by atoms with E-state index in [0.29, 0.717) is 19.3 Å². The van der Waals surface area contributed by atoms with Gasteiger partial charge in [0.1, 0.15) is 13.2 Å². The van der Waals surface area contributed by atoms with Gasteiger partial charge in [-0.15, -0.1) is 0 Å². The lowest BCUT2D eigenvalue weighted by molar-refractivity contribution is -0.167. The zero-order chi connectivity index (χ0) is 47.2. The van der Waals surface area contributed by atoms with E-state index in [1.807, 2.05) is 0 Å². The van der Waals surface area contributed by atoms with Crippen molar-refractivity contribution < 1.29 is 28.6 Å². The summed E-state index contributed by atoms with van der Waals surface area (Å²) in [5, 5.41) is 0. The molecule has 0 radical (unpaired) electrons. The molecule has 1 atom stereocenters. The fourth-order valence-corrected chi connectivity index (χ4v) is 7.58. The number of hydrogen-bond donors (Lipinski definition) is 0. The third-order valence-electron chi connectivity index (χ3n) is 11.7. The van der Waals surface area contributed by atoms with E-state index < -0.39 is 6.10 Å². The van der Waals surface area contributed by atoms with Gasteiger partial charge in [-0.05, 0) is 89.9 Å². The second-order valence-electron chi connectivity index (χ2n) is 18.1. The number of carbonyl (C=O) groups is 3. The van der Waals surface area contributed by atoms with Crippen LogP contribution in [0.15, 0.2) is 72.9 Å². The Balaban J connectivity index is 4.44. The first-order valence-corrected chi connectivity index (χ1v) is 27.4. The number of unbranched alkanes of at least 4 members (excludes halogenated alkanes) is 26. The molecule has 0 rings (SSSR count). The van der Waals surface area contributed by atoms with E-state index >= 15 is 0 Å². The van der Waals surface area contributed by atoms with Gasteiger partial charge >= 0.3 is 17.9 Å². The fraction of sp³-hybridized carbons (Fsp3) is 0.746. The third kappa shape index (κ3) is 51.7. The molecule has 0 aliphatic heterocycles. The third-order valence-corrected chi connectivity index (χ3v) is 11.7. The maximum absolute atomic E-state index is 12.8. The van der Waals surface area contributed by atoms with Crippen LogP contribution in [0.5, 0.6) is 0 Å². The number of ether oxygens (including phenoxy) is 3. The Morgan fingerprint density at radius 2 is 0.600 bits per heavy atom. The van der Waals surface area contributed by atoms with Gasteiger partial charge in [0.2, 0.25) is 0 Å². The van der Waals surface area contributed by atoms with Crippen molar-refractivity contribution in [3.63, 3.8) is 0 Å². The Labute approximate surface area is 402 Å². The lowest BCUT2D eigenvalue weighted by atomic mass is 10.0. The van der Waals surface area contributed by atoms with E-state index in [-0.39, 0.29) is 31.1 Å². The molecule has 0 fully saturated rings.